The standard InChI is InChI=1S/C18H18N2O4/c21-17-12-3-1-2-4-14(12)19-9-13(17)18(22)20-8-11-5-6-15-16(7-11)24-10-23-15/h3,5-7,9,14,19H,1-2,4,8,10H2,(H,20,22). The van der Waals surface area contributed by atoms with Crippen molar-refractivity contribution in [2.24, 2.45) is 0 Å². The van der Waals surface area contributed by atoms with Gasteiger partial charge in [0.25, 0.3) is 5.91 Å². The lowest BCUT2D eigenvalue weighted by Crippen LogP contribution is -2.41. The highest BCUT2D eigenvalue weighted by molar-refractivity contribution is 6.26. The average molecular weight is 326 g/mol. The maximum atomic E-state index is 12.5. The molecule has 2 N–H and O–H groups in total. The highest BCUT2D eigenvalue weighted by Gasteiger charge is 2.31. The van der Waals surface area contributed by atoms with E-state index in [9.17, 15) is 9.59 Å². The fourth-order valence-electron chi connectivity index (χ4n) is 3.20. The summed E-state index contributed by atoms with van der Waals surface area (Å²) in [6.07, 6.45) is 6.38. The van der Waals surface area contributed by atoms with Crippen LogP contribution in [0.4, 0.5) is 0 Å². The first kappa shape index (κ1) is 14.8. The Morgan fingerprint density at radius 2 is 2.17 bits per heavy atom. The summed E-state index contributed by atoms with van der Waals surface area (Å²) in [5.41, 5.74) is 1.77. The van der Waals surface area contributed by atoms with Crippen molar-refractivity contribution in [1.82, 2.24) is 10.6 Å². The van der Waals surface area contributed by atoms with E-state index in [0.29, 0.717) is 18.0 Å². The predicted octanol–water partition coefficient (Wildman–Crippen LogP) is 1.57. The summed E-state index contributed by atoms with van der Waals surface area (Å²) in [5.74, 6) is 0.845. The number of fused-ring (bicyclic) bond motifs is 2. The smallest absolute Gasteiger partial charge is 0.257 e. The number of rotatable bonds is 3. The van der Waals surface area contributed by atoms with Crippen LogP contribution in [-0.4, -0.2) is 24.5 Å². The summed E-state index contributed by atoms with van der Waals surface area (Å²) >= 11 is 0. The van der Waals surface area contributed by atoms with Gasteiger partial charge >= 0.3 is 0 Å². The Hall–Kier alpha value is -2.76. The van der Waals surface area contributed by atoms with Gasteiger partial charge in [-0.2, -0.15) is 0 Å². The van der Waals surface area contributed by atoms with Crippen LogP contribution >= 0.6 is 0 Å². The van der Waals surface area contributed by atoms with Crippen molar-refractivity contribution in [3.63, 3.8) is 0 Å². The van der Waals surface area contributed by atoms with Crippen LogP contribution in [0.5, 0.6) is 11.5 Å². The molecular formula is C18H18N2O4. The number of benzene rings is 1. The lowest BCUT2D eigenvalue weighted by Gasteiger charge is -2.28. The molecule has 0 saturated heterocycles. The Morgan fingerprint density at radius 3 is 3.08 bits per heavy atom. The third-order valence-electron chi connectivity index (χ3n) is 4.51. The lowest BCUT2D eigenvalue weighted by molar-refractivity contribution is -0.121. The highest BCUT2D eigenvalue weighted by Crippen LogP contribution is 2.32. The second-order valence-corrected chi connectivity index (χ2v) is 6.07. The van der Waals surface area contributed by atoms with Crippen molar-refractivity contribution in [3.8, 4) is 11.5 Å². The zero-order valence-electron chi connectivity index (χ0n) is 13.1. The number of ketones is 1. The Bertz CT molecular complexity index is 766. The van der Waals surface area contributed by atoms with E-state index in [-0.39, 0.29) is 30.1 Å². The van der Waals surface area contributed by atoms with Gasteiger partial charge < -0.3 is 20.1 Å². The van der Waals surface area contributed by atoms with Crippen LogP contribution in [0.3, 0.4) is 0 Å². The fourth-order valence-corrected chi connectivity index (χ4v) is 3.20. The van der Waals surface area contributed by atoms with Gasteiger partial charge in [-0.25, -0.2) is 0 Å². The molecule has 0 spiro atoms. The van der Waals surface area contributed by atoms with E-state index in [1.54, 1.807) is 6.20 Å². The third-order valence-corrected chi connectivity index (χ3v) is 4.51. The molecular weight excluding hydrogens is 308 g/mol. The number of allylic oxidation sites excluding steroid dienone is 1. The molecule has 3 aliphatic rings. The number of hydrogen-bond donors (Lipinski definition) is 2. The Kier molecular flexibility index (Phi) is 3.72. The van der Waals surface area contributed by atoms with Crippen molar-refractivity contribution in [3.05, 3.63) is 47.2 Å². The number of ether oxygens (including phenoxy) is 2. The Labute approximate surface area is 139 Å². The van der Waals surface area contributed by atoms with Gasteiger partial charge in [0.2, 0.25) is 6.79 Å². The van der Waals surface area contributed by atoms with Gasteiger partial charge in [0.15, 0.2) is 17.3 Å². The van der Waals surface area contributed by atoms with Crippen molar-refractivity contribution >= 4 is 11.7 Å². The molecule has 6 heteroatoms. The number of hydrogen-bond acceptors (Lipinski definition) is 5. The van der Waals surface area contributed by atoms with Gasteiger partial charge in [0.1, 0.15) is 5.57 Å². The molecule has 1 unspecified atom stereocenters. The minimum Gasteiger partial charge on any atom is -0.454 e. The zero-order valence-corrected chi connectivity index (χ0v) is 13.1. The van der Waals surface area contributed by atoms with E-state index in [0.717, 1.165) is 30.4 Å². The maximum absolute atomic E-state index is 12.5. The van der Waals surface area contributed by atoms with Crippen LogP contribution in [0.2, 0.25) is 0 Å². The van der Waals surface area contributed by atoms with Crippen LogP contribution in [0, 0.1) is 0 Å². The molecule has 1 aliphatic carbocycles. The summed E-state index contributed by atoms with van der Waals surface area (Å²) in [6, 6.07) is 5.56. The van der Waals surface area contributed by atoms with Crippen LogP contribution in [0.1, 0.15) is 24.8 Å². The summed E-state index contributed by atoms with van der Waals surface area (Å²) in [6.45, 7) is 0.539. The normalized spacial score (nSPS) is 21.3. The first-order valence-corrected chi connectivity index (χ1v) is 8.10. The zero-order chi connectivity index (χ0) is 16.5. The maximum Gasteiger partial charge on any atom is 0.257 e. The van der Waals surface area contributed by atoms with Crippen LogP contribution < -0.4 is 20.1 Å². The fraction of sp³-hybridized carbons (Fsp3) is 0.333. The van der Waals surface area contributed by atoms with Crippen molar-refractivity contribution in [2.45, 2.75) is 31.8 Å². The van der Waals surface area contributed by atoms with E-state index < -0.39 is 0 Å². The molecule has 1 amide bonds. The van der Waals surface area contributed by atoms with Crippen LogP contribution in [0.15, 0.2) is 41.6 Å². The van der Waals surface area contributed by atoms with Gasteiger partial charge in [-0.3, -0.25) is 9.59 Å². The number of carbonyl (C=O) groups is 2. The number of carbonyl (C=O) groups excluding carboxylic acids is 2. The minimum absolute atomic E-state index is 0.0525. The van der Waals surface area contributed by atoms with E-state index in [2.05, 4.69) is 10.6 Å². The van der Waals surface area contributed by atoms with Gasteiger partial charge in [-0.05, 0) is 37.0 Å². The average Bonchev–Trinajstić information content (AvgIpc) is 3.08. The van der Waals surface area contributed by atoms with Gasteiger partial charge in [-0.1, -0.05) is 12.1 Å². The molecule has 24 heavy (non-hydrogen) atoms. The third kappa shape index (κ3) is 2.64. The molecule has 0 radical (unpaired) electrons. The summed E-state index contributed by atoms with van der Waals surface area (Å²) < 4.78 is 10.6. The second kappa shape index (κ2) is 6.03. The largest absolute Gasteiger partial charge is 0.454 e. The van der Waals surface area contributed by atoms with E-state index >= 15 is 0 Å². The molecule has 6 nitrogen and oxygen atoms in total. The van der Waals surface area contributed by atoms with Crippen molar-refractivity contribution in [2.75, 3.05) is 6.79 Å². The summed E-state index contributed by atoms with van der Waals surface area (Å²) in [7, 11) is 0. The van der Waals surface area contributed by atoms with E-state index in [1.165, 1.54) is 0 Å². The van der Waals surface area contributed by atoms with Crippen LogP contribution in [0.25, 0.3) is 0 Å². The van der Waals surface area contributed by atoms with Crippen LogP contribution in [-0.2, 0) is 16.1 Å². The predicted molar refractivity (Wildman–Crippen MR) is 86.4 cm³/mol. The van der Waals surface area contributed by atoms with E-state index in [1.807, 2.05) is 24.3 Å². The molecule has 0 aromatic heterocycles. The van der Waals surface area contributed by atoms with Crippen molar-refractivity contribution in [1.29, 1.82) is 0 Å². The molecule has 1 atom stereocenters. The van der Waals surface area contributed by atoms with Gasteiger partial charge in [-0.15, -0.1) is 0 Å². The molecule has 4 rings (SSSR count). The molecule has 2 aliphatic heterocycles. The van der Waals surface area contributed by atoms with Crippen molar-refractivity contribution < 1.29 is 19.1 Å². The monoisotopic (exact) mass is 326 g/mol. The van der Waals surface area contributed by atoms with E-state index in [4.69, 9.17) is 9.47 Å². The summed E-state index contributed by atoms with van der Waals surface area (Å²) in [4.78, 5) is 24.9. The topological polar surface area (TPSA) is 76.7 Å². The Balaban J connectivity index is 1.43. The highest BCUT2D eigenvalue weighted by atomic mass is 16.7. The second-order valence-electron chi connectivity index (χ2n) is 6.07. The summed E-state index contributed by atoms with van der Waals surface area (Å²) in [5, 5.41) is 5.96. The molecule has 1 aromatic carbocycles. The molecule has 124 valence electrons. The number of Topliss-reactive ketones (excluding diaryl/α,β-unsaturated/α-hetero) is 1. The lowest BCUT2D eigenvalue weighted by atomic mass is 9.86. The van der Waals surface area contributed by atoms with Gasteiger partial charge in [0, 0.05) is 18.3 Å². The molecule has 0 saturated carbocycles. The minimum atomic E-state index is -0.366. The Morgan fingerprint density at radius 1 is 1.29 bits per heavy atom. The SMILES string of the molecule is O=C(NCc1ccc2c(c1)OCO2)C1=CNC2CCCC=C2C1=O. The first-order chi connectivity index (χ1) is 11.7. The van der Waals surface area contributed by atoms with Gasteiger partial charge in [0.05, 0.1) is 6.04 Å². The molecule has 1 aromatic rings. The first-order valence-electron chi connectivity index (χ1n) is 8.10. The molecule has 0 fully saturated rings. The molecule has 0 bridgehead atoms. The number of amides is 1. The molecule has 2 heterocycles. The number of nitrogens with one attached hydrogen (secondary N) is 2. The quantitative estimate of drug-likeness (QED) is 0.825.